The Balaban J connectivity index is 1.92. The molecule has 2 heterocycles. The summed E-state index contributed by atoms with van der Waals surface area (Å²) in [5.74, 6) is -0.516. The monoisotopic (exact) mass is 263 g/mol. The number of aliphatic carboxylic acids is 1. The first-order chi connectivity index (χ1) is 7.98. The van der Waals surface area contributed by atoms with Crippen LogP contribution in [0.4, 0.5) is 0 Å². The van der Waals surface area contributed by atoms with E-state index in [0.717, 1.165) is 0 Å². The Bertz CT molecular complexity index is 380. The molecule has 7 heteroatoms. The molecule has 0 spiro atoms. The van der Waals surface area contributed by atoms with Crippen molar-refractivity contribution in [2.75, 3.05) is 31.2 Å². The molecule has 2 rings (SSSR count). The molecule has 6 nitrogen and oxygen atoms in total. The number of ether oxygens (including phenoxy) is 1. The molecule has 0 aliphatic carbocycles. The van der Waals surface area contributed by atoms with Crippen molar-refractivity contribution in [1.29, 1.82) is 0 Å². The Morgan fingerprint density at radius 1 is 1.29 bits per heavy atom. The molecular formula is C10H17NO5S. The van der Waals surface area contributed by atoms with Gasteiger partial charge in [-0.2, -0.15) is 0 Å². The lowest BCUT2D eigenvalue weighted by molar-refractivity contribution is -0.157. The highest BCUT2D eigenvalue weighted by atomic mass is 32.2. The van der Waals surface area contributed by atoms with E-state index < -0.39 is 21.9 Å². The molecule has 0 radical (unpaired) electrons. The van der Waals surface area contributed by atoms with Gasteiger partial charge in [-0.25, -0.2) is 13.2 Å². The summed E-state index contributed by atoms with van der Waals surface area (Å²) >= 11 is 0. The average molecular weight is 263 g/mol. The fourth-order valence-electron chi connectivity index (χ4n) is 2.39. The Kier molecular flexibility index (Phi) is 3.70. The van der Waals surface area contributed by atoms with E-state index in [2.05, 4.69) is 4.90 Å². The van der Waals surface area contributed by atoms with E-state index in [1.165, 1.54) is 0 Å². The maximum absolute atomic E-state index is 11.3. The van der Waals surface area contributed by atoms with Gasteiger partial charge in [-0.05, 0) is 12.8 Å². The van der Waals surface area contributed by atoms with Crippen LogP contribution in [-0.2, 0) is 19.4 Å². The van der Waals surface area contributed by atoms with Crippen LogP contribution in [0.15, 0.2) is 0 Å². The van der Waals surface area contributed by atoms with Crippen LogP contribution in [0.2, 0.25) is 0 Å². The predicted octanol–water partition coefficient (Wildman–Crippen LogP) is -0.651. The zero-order valence-electron chi connectivity index (χ0n) is 9.54. The first-order valence-corrected chi connectivity index (χ1v) is 7.59. The van der Waals surface area contributed by atoms with Crippen molar-refractivity contribution in [1.82, 2.24) is 4.90 Å². The lowest BCUT2D eigenvalue weighted by Gasteiger charge is -2.38. The van der Waals surface area contributed by atoms with Gasteiger partial charge in [-0.3, -0.25) is 4.90 Å². The number of nitrogens with zero attached hydrogens (tertiary/aromatic N) is 1. The summed E-state index contributed by atoms with van der Waals surface area (Å²) in [6, 6.07) is 0.185. The molecule has 1 atom stereocenters. The second-order valence-electron chi connectivity index (χ2n) is 4.58. The van der Waals surface area contributed by atoms with Gasteiger partial charge in [0.15, 0.2) is 6.10 Å². The van der Waals surface area contributed by atoms with Gasteiger partial charge in [0.1, 0.15) is 9.84 Å². The average Bonchev–Trinajstić information content (AvgIpc) is 2.29. The predicted molar refractivity (Wildman–Crippen MR) is 60.6 cm³/mol. The van der Waals surface area contributed by atoms with Gasteiger partial charge in [0.05, 0.1) is 18.1 Å². The van der Waals surface area contributed by atoms with E-state index in [1.54, 1.807) is 0 Å². The quantitative estimate of drug-likeness (QED) is 0.712. The summed E-state index contributed by atoms with van der Waals surface area (Å²) in [6.45, 7) is 1.45. The standard InChI is InChI=1S/C10H17NO5S/c12-10(13)9-7-11(3-4-16-9)8-1-5-17(14,15)6-2-8/h8-9H,1-7H2,(H,12,13). The highest BCUT2D eigenvalue weighted by Crippen LogP contribution is 2.20. The maximum atomic E-state index is 11.3. The molecule has 1 N–H and O–H groups in total. The smallest absolute Gasteiger partial charge is 0.334 e. The Hall–Kier alpha value is -0.660. The zero-order valence-corrected chi connectivity index (χ0v) is 10.4. The van der Waals surface area contributed by atoms with Crippen molar-refractivity contribution in [3.8, 4) is 0 Å². The molecule has 2 saturated heterocycles. The van der Waals surface area contributed by atoms with Crippen molar-refractivity contribution in [3.05, 3.63) is 0 Å². The minimum Gasteiger partial charge on any atom is -0.479 e. The summed E-state index contributed by atoms with van der Waals surface area (Å²) < 4.78 is 27.8. The summed E-state index contributed by atoms with van der Waals surface area (Å²) in [5.41, 5.74) is 0. The molecule has 1 unspecified atom stereocenters. The summed E-state index contributed by atoms with van der Waals surface area (Å²) in [4.78, 5) is 12.9. The third-order valence-corrected chi connectivity index (χ3v) is 5.13. The third kappa shape index (κ3) is 3.17. The molecule has 2 aliphatic rings. The van der Waals surface area contributed by atoms with E-state index in [9.17, 15) is 13.2 Å². The van der Waals surface area contributed by atoms with Gasteiger partial charge in [0, 0.05) is 19.1 Å². The molecule has 0 aromatic carbocycles. The van der Waals surface area contributed by atoms with Gasteiger partial charge in [0.25, 0.3) is 0 Å². The summed E-state index contributed by atoms with van der Waals surface area (Å²) in [5, 5.41) is 8.89. The minimum atomic E-state index is -2.86. The number of hydrogen-bond donors (Lipinski definition) is 1. The van der Waals surface area contributed by atoms with E-state index in [4.69, 9.17) is 9.84 Å². The van der Waals surface area contributed by atoms with Crippen molar-refractivity contribution >= 4 is 15.8 Å². The van der Waals surface area contributed by atoms with Crippen LogP contribution < -0.4 is 0 Å². The summed E-state index contributed by atoms with van der Waals surface area (Å²) in [6.07, 6.45) is 0.436. The van der Waals surface area contributed by atoms with E-state index >= 15 is 0 Å². The van der Waals surface area contributed by atoms with Crippen molar-refractivity contribution < 1.29 is 23.1 Å². The highest BCUT2D eigenvalue weighted by Gasteiger charge is 2.33. The van der Waals surface area contributed by atoms with Crippen molar-refractivity contribution in [2.24, 2.45) is 0 Å². The molecule has 98 valence electrons. The number of morpholine rings is 1. The van der Waals surface area contributed by atoms with Gasteiger partial charge >= 0.3 is 5.97 Å². The van der Waals surface area contributed by atoms with Crippen LogP contribution in [0.3, 0.4) is 0 Å². The first kappa shape index (κ1) is 12.8. The van der Waals surface area contributed by atoms with E-state index in [0.29, 0.717) is 32.5 Å². The van der Waals surface area contributed by atoms with Crippen LogP contribution in [0.1, 0.15) is 12.8 Å². The molecule has 0 aromatic heterocycles. The lowest BCUT2D eigenvalue weighted by Crippen LogP contribution is -2.52. The molecule has 0 saturated carbocycles. The van der Waals surface area contributed by atoms with Gasteiger partial charge in [-0.1, -0.05) is 0 Å². The SMILES string of the molecule is O=C(O)C1CN(C2CCS(=O)(=O)CC2)CCO1. The third-order valence-electron chi connectivity index (χ3n) is 3.41. The van der Waals surface area contributed by atoms with Crippen LogP contribution in [-0.4, -0.2) is 67.7 Å². The van der Waals surface area contributed by atoms with Crippen molar-refractivity contribution in [2.45, 2.75) is 25.0 Å². The minimum absolute atomic E-state index is 0.185. The number of carbonyl (C=O) groups is 1. The molecule has 0 bridgehead atoms. The highest BCUT2D eigenvalue weighted by molar-refractivity contribution is 7.91. The molecule has 2 fully saturated rings. The van der Waals surface area contributed by atoms with Crippen LogP contribution >= 0.6 is 0 Å². The topological polar surface area (TPSA) is 83.9 Å². The lowest BCUT2D eigenvalue weighted by atomic mass is 10.1. The molecular weight excluding hydrogens is 246 g/mol. The maximum Gasteiger partial charge on any atom is 0.334 e. The Morgan fingerprint density at radius 3 is 2.53 bits per heavy atom. The normalized spacial score (nSPS) is 31.2. The van der Waals surface area contributed by atoms with Gasteiger partial charge in [0.2, 0.25) is 0 Å². The number of hydrogen-bond acceptors (Lipinski definition) is 5. The van der Waals surface area contributed by atoms with Crippen LogP contribution in [0.25, 0.3) is 0 Å². The number of rotatable bonds is 2. The van der Waals surface area contributed by atoms with Gasteiger partial charge < -0.3 is 9.84 Å². The summed E-state index contributed by atoms with van der Waals surface area (Å²) in [7, 11) is -2.86. The molecule has 2 aliphatic heterocycles. The molecule has 0 amide bonds. The van der Waals surface area contributed by atoms with E-state index in [-0.39, 0.29) is 17.5 Å². The second-order valence-corrected chi connectivity index (χ2v) is 6.88. The van der Waals surface area contributed by atoms with Crippen molar-refractivity contribution in [3.63, 3.8) is 0 Å². The van der Waals surface area contributed by atoms with Crippen LogP contribution in [0.5, 0.6) is 0 Å². The zero-order chi connectivity index (χ0) is 12.5. The fraction of sp³-hybridized carbons (Fsp3) is 0.900. The first-order valence-electron chi connectivity index (χ1n) is 5.77. The molecule has 0 aromatic rings. The second kappa shape index (κ2) is 4.91. The molecule has 17 heavy (non-hydrogen) atoms. The Morgan fingerprint density at radius 2 is 1.94 bits per heavy atom. The van der Waals surface area contributed by atoms with Gasteiger partial charge in [-0.15, -0.1) is 0 Å². The Labute approximate surface area is 100 Å². The van der Waals surface area contributed by atoms with Crippen LogP contribution in [0, 0.1) is 0 Å². The van der Waals surface area contributed by atoms with E-state index in [1.807, 2.05) is 0 Å². The number of carboxylic acids is 1. The fourth-order valence-corrected chi connectivity index (χ4v) is 3.86. The number of sulfone groups is 1. The largest absolute Gasteiger partial charge is 0.479 e. The number of carboxylic acid groups (broad SMARTS) is 1.